The highest BCUT2D eigenvalue weighted by Crippen LogP contribution is 2.44. The maximum absolute atomic E-state index is 12.3. The van der Waals surface area contributed by atoms with Crippen molar-refractivity contribution in [3.05, 3.63) is 83.6 Å². The van der Waals surface area contributed by atoms with Gasteiger partial charge in [-0.3, -0.25) is 10.1 Å². The Morgan fingerprint density at radius 2 is 1.72 bits per heavy atom. The molecule has 1 aliphatic rings. The summed E-state index contributed by atoms with van der Waals surface area (Å²) in [6, 6.07) is 17.3. The molecule has 0 fully saturated rings. The highest BCUT2D eigenvalue weighted by Gasteiger charge is 2.29. The third kappa shape index (κ3) is 4.51. The fourth-order valence-electron chi connectivity index (χ4n) is 3.58. The van der Waals surface area contributed by atoms with Crippen molar-refractivity contribution < 1.29 is 28.8 Å². The Bertz CT molecular complexity index is 1150. The number of ether oxygens (including phenoxy) is 1. The van der Waals surface area contributed by atoms with Gasteiger partial charge in [-0.25, -0.2) is 9.59 Å². The van der Waals surface area contributed by atoms with Crippen LogP contribution in [0.5, 0.6) is 0 Å². The molecule has 0 radical (unpaired) electrons. The number of amides is 2. The number of carbonyl (C=O) groups excluding carboxylic acids is 2. The molecule has 2 aromatic carbocycles. The standard InChI is InChI=1S/C23H19N3O6/c27-21(28)10-5-11-24-22(29)19-12-20(32-26-19)25-23(30)31-13-18-16-8-3-1-6-14(16)15-7-2-4-9-17(15)18/h1-10,12,18H,11,13H2,(H,24,29)(H,25,30)(H,27,28)/b10-5+. The predicted octanol–water partition coefficient (Wildman–Crippen LogP) is 3.41. The molecular weight excluding hydrogens is 414 g/mol. The molecule has 9 heteroatoms. The van der Waals surface area contributed by atoms with Crippen molar-refractivity contribution in [1.29, 1.82) is 0 Å². The number of anilines is 1. The van der Waals surface area contributed by atoms with E-state index < -0.39 is 18.0 Å². The molecule has 9 nitrogen and oxygen atoms in total. The lowest BCUT2D eigenvalue weighted by Crippen LogP contribution is -2.23. The summed E-state index contributed by atoms with van der Waals surface area (Å²) in [5.74, 6) is -1.82. The Labute approximate surface area is 182 Å². The largest absolute Gasteiger partial charge is 0.478 e. The van der Waals surface area contributed by atoms with Crippen LogP contribution in [0.3, 0.4) is 0 Å². The minimum atomic E-state index is -1.12. The quantitative estimate of drug-likeness (QED) is 0.487. The summed E-state index contributed by atoms with van der Waals surface area (Å²) in [6.07, 6.45) is 1.45. The zero-order valence-electron chi connectivity index (χ0n) is 16.8. The lowest BCUT2D eigenvalue weighted by Gasteiger charge is -2.13. The molecule has 0 spiro atoms. The van der Waals surface area contributed by atoms with Gasteiger partial charge in [-0.2, -0.15) is 0 Å². The Balaban J connectivity index is 1.33. The zero-order valence-corrected chi connectivity index (χ0v) is 16.8. The number of hydrogen-bond donors (Lipinski definition) is 3. The smallest absolute Gasteiger partial charge is 0.414 e. The van der Waals surface area contributed by atoms with Gasteiger partial charge in [0.05, 0.1) is 0 Å². The average Bonchev–Trinajstić information content (AvgIpc) is 3.38. The molecule has 1 aromatic heterocycles. The summed E-state index contributed by atoms with van der Waals surface area (Å²) in [5.41, 5.74) is 4.37. The summed E-state index contributed by atoms with van der Waals surface area (Å²) in [6.45, 7) is 0.143. The number of carbonyl (C=O) groups is 3. The van der Waals surface area contributed by atoms with Gasteiger partial charge in [0.15, 0.2) is 5.69 Å². The van der Waals surface area contributed by atoms with Crippen LogP contribution >= 0.6 is 0 Å². The number of carboxylic acid groups (broad SMARTS) is 1. The van der Waals surface area contributed by atoms with Crippen LogP contribution in [0, 0.1) is 0 Å². The molecule has 1 heterocycles. The second-order valence-corrected chi connectivity index (χ2v) is 6.98. The topological polar surface area (TPSA) is 131 Å². The van der Waals surface area contributed by atoms with Gasteiger partial charge in [0, 0.05) is 24.6 Å². The van der Waals surface area contributed by atoms with E-state index in [-0.39, 0.29) is 30.6 Å². The third-order valence-corrected chi connectivity index (χ3v) is 4.95. The van der Waals surface area contributed by atoms with Crippen LogP contribution in [0.1, 0.15) is 27.5 Å². The molecular formula is C23H19N3O6. The third-order valence-electron chi connectivity index (χ3n) is 4.95. The number of fused-ring (bicyclic) bond motifs is 3. The predicted molar refractivity (Wildman–Crippen MR) is 114 cm³/mol. The van der Waals surface area contributed by atoms with Crippen LogP contribution in [-0.4, -0.2) is 41.4 Å². The summed E-state index contributed by atoms with van der Waals surface area (Å²) in [7, 11) is 0. The molecule has 32 heavy (non-hydrogen) atoms. The van der Waals surface area contributed by atoms with E-state index in [0.717, 1.165) is 28.3 Å². The first-order valence-electron chi connectivity index (χ1n) is 9.79. The highest BCUT2D eigenvalue weighted by molar-refractivity contribution is 5.94. The Morgan fingerprint density at radius 3 is 2.38 bits per heavy atom. The van der Waals surface area contributed by atoms with E-state index in [1.54, 1.807) is 0 Å². The number of aliphatic carboxylic acids is 1. The second kappa shape index (κ2) is 9.17. The van der Waals surface area contributed by atoms with Crippen molar-refractivity contribution in [3.63, 3.8) is 0 Å². The minimum absolute atomic E-state index is 0.00708. The van der Waals surface area contributed by atoms with E-state index in [1.807, 2.05) is 48.5 Å². The first-order valence-corrected chi connectivity index (χ1v) is 9.79. The Kier molecular flexibility index (Phi) is 5.98. The summed E-state index contributed by atoms with van der Waals surface area (Å²) in [5, 5.41) is 17.0. The fourth-order valence-corrected chi connectivity index (χ4v) is 3.58. The van der Waals surface area contributed by atoms with Crippen LogP contribution in [0.2, 0.25) is 0 Å². The van der Waals surface area contributed by atoms with Gasteiger partial charge >= 0.3 is 12.1 Å². The van der Waals surface area contributed by atoms with E-state index in [2.05, 4.69) is 15.8 Å². The van der Waals surface area contributed by atoms with Gasteiger partial charge in [0.25, 0.3) is 5.91 Å². The van der Waals surface area contributed by atoms with Crippen LogP contribution in [0.25, 0.3) is 11.1 Å². The first-order chi connectivity index (χ1) is 15.5. The van der Waals surface area contributed by atoms with E-state index in [0.29, 0.717) is 0 Å². The number of hydrogen-bond acceptors (Lipinski definition) is 6. The fraction of sp³-hybridized carbons (Fsp3) is 0.130. The number of benzene rings is 2. The Hall–Kier alpha value is -4.40. The highest BCUT2D eigenvalue weighted by atomic mass is 16.6. The van der Waals surface area contributed by atoms with Crippen LogP contribution < -0.4 is 10.6 Å². The van der Waals surface area contributed by atoms with E-state index in [4.69, 9.17) is 14.4 Å². The van der Waals surface area contributed by atoms with Crippen molar-refractivity contribution in [2.45, 2.75) is 5.92 Å². The maximum atomic E-state index is 12.3. The summed E-state index contributed by atoms with van der Waals surface area (Å²) >= 11 is 0. The van der Waals surface area contributed by atoms with Gasteiger partial charge in [0.2, 0.25) is 5.88 Å². The van der Waals surface area contributed by atoms with Crippen LogP contribution in [0.4, 0.5) is 10.7 Å². The Morgan fingerprint density at radius 1 is 1.06 bits per heavy atom. The molecule has 3 aromatic rings. The molecule has 162 valence electrons. The monoisotopic (exact) mass is 433 g/mol. The van der Waals surface area contributed by atoms with Crippen molar-refractivity contribution in [2.75, 3.05) is 18.5 Å². The number of rotatable bonds is 7. The maximum Gasteiger partial charge on any atom is 0.414 e. The average molecular weight is 433 g/mol. The summed E-state index contributed by atoms with van der Waals surface area (Å²) < 4.78 is 10.4. The number of carboxylic acids is 1. The SMILES string of the molecule is O=C(O)/C=C/CNC(=O)c1cc(NC(=O)OCC2c3ccccc3-c3ccccc32)on1. The summed E-state index contributed by atoms with van der Waals surface area (Å²) in [4.78, 5) is 34.6. The van der Waals surface area contributed by atoms with Gasteiger partial charge in [-0.1, -0.05) is 59.8 Å². The molecule has 0 saturated carbocycles. The first kappa shape index (κ1) is 20.9. The molecule has 2 amide bonds. The van der Waals surface area contributed by atoms with Crippen LogP contribution in [-0.2, 0) is 9.53 Å². The van der Waals surface area contributed by atoms with E-state index in [9.17, 15) is 14.4 Å². The van der Waals surface area contributed by atoms with Gasteiger partial charge in [0.1, 0.15) is 6.61 Å². The zero-order chi connectivity index (χ0) is 22.5. The molecule has 4 rings (SSSR count). The molecule has 1 aliphatic carbocycles. The van der Waals surface area contributed by atoms with Crippen molar-refractivity contribution in [1.82, 2.24) is 10.5 Å². The van der Waals surface area contributed by atoms with Gasteiger partial charge in [-0.15, -0.1) is 0 Å². The van der Waals surface area contributed by atoms with Crippen LogP contribution in [0.15, 0.2) is 71.3 Å². The minimum Gasteiger partial charge on any atom is -0.478 e. The van der Waals surface area contributed by atoms with Crippen molar-refractivity contribution in [3.8, 4) is 11.1 Å². The van der Waals surface area contributed by atoms with E-state index in [1.165, 1.54) is 12.1 Å². The van der Waals surface area contributed by atoms with Crippen molar-refractivity contribution in [2.24, 2.45) is 0 Å². The number of nitrogens with one attached hydrogen (secondary N) is 2. The molecule has 0 bridgehead atoms. The van der Waals surface area contributed by atoms with Crippen molar-refractivity contribution >= 4 is 23.9 Å². The number of nitrogens with zero attached hydrogens (tertiary/aromatic N) is 1. The molecule has 3 N–H and O–H groups in total. The normalized spacial score (nSPS) is 12.2. The molecule has 0 unspecified atom stereocenters. The molecule has 0 saturated heterocycles. The number of aromatic nitrogens is 1. The lowest BCUT2D eigenvalue weighted by atomic mass is 9.98. The second-order valence-electron chi connectivity index (χ2n) is 6.98. The van der Waals surface area contributed by atoms with Gasteiger partial charge in [-0.05, 0) is 22.3 Å². The molecule has 0 atom stereocenters. The van der Waals surface area contributed by atoms with Gasteiger partial charge < -0.3 is 19.7 Å². The lowest BCUT2D eigenvalue weighted by molar-refractivity contribution is -0.131. The van der Waals surface area contributed by atoms with E-state index >= 15 is 0 Å². The molecule has 0 aliphatic heterocycles.